The van der Waals surface area contributed by atoms with Gasteiger partial charge in [0.25, 0.3) is 0 Å². The van der Waals surface area contributed by atoms with Gasteiger partial charge in [0.1, 0.15) is 5.92 Å². The summed E-state index contributed by atoms with van der Waals surface area (Å²) in [7, 11) is 0. The molecule has 1 aromatic rings. The van der Waals surface area contributed by atoms with Gasteiger partial charge in [-0.05, 0) is 24.1 Å². The number of carbonyl (C=O) groups is 2. The monoisotopic (exact) mass is 260 g/mol. The predicted octanol–water partition coefficient (Wildman–Crippen LogP) is 0.835. The smallest absolute Gasteiger partial charge is 0.369 e. The molecule has 0 aromatic heterocycles. The van der Waals surface area contributed by atoms with E-state index in [9.17, 15) is 22.8 Å². The summed E-state index contributed by atoms with van der Waals surface area (Å²) in [6, 6.07) is 4.10. The molecule has 0 aliphatic heterocycles. The number of hydrogen-bond acceptors (Lipinski definition) is 2. The quantitative estimate of drug-likeness (QED) is 0.786. The number of halogens is 3. The molecule has 1 rings (SSSR count). The molecule has 1 aromatic carbocycles. The first-order valence-corrected chi connectivity index (χ1v) is 4.96. The molecular formula is C11H11F3N2O2. The number of carbonyl (C=O) groups excluding carboxylic acids is 2. The average Bonchev–Trinajstić information content (AvgIpc) is 2.24. The van der Waals surface area contributed by atoms with Crippen LogP contribution in [0.1, 0.15) is 11.1 Å². The van der Waals surface area contributed by atoms with Gasteiger partial charge in [-0.15, -0.1) is 0 Å². The molecule has 0 spiro atoms. The fraction of sp³-hybridized carbons (Fsp3) is 0.273. The first kappa shape index (κ1) is 14.0. The van der Waals surface area contributed by atoms with Gasteiger partial charge in [0, 0.05) is 0 Å². The third-order valence-corrected chi connectivity index (χ3v) is 2.41. The van der Waals surface area contributed by atoms with Crippen molar-refractivity contribution in [3.05, 3.63) is 35.4 Å². The van der Waals surface area contributed by atoms with Crippen molar-refractivity contribution >= 4 is 11.8 Å². The lowest BCUT2D eigenvalue weighted by molar-refractivity contribution is -0.137. The molecule has 0 unspecified atom stereocenters. The van der Waals surface area contributed by atoms with Crippen LogP contribution in [0.5, 0.6) is 0 Å². The minimum Gasteiger partial charge on any atom is -0.369 e. The molecule has 18 heavy (non-hydrogen) atoms. The van der Waals surface area contributed by atoms with Gasteiger partial charge in [0.2, 0.25) is 11.8 Å². The number of rotatable bonds is 4. The Balaban J connectivity index is 2.86. The molecule has 0 bridgehead atoms. The lowest BCUT2D eigenvalue weighted by atomic mass is 9.97. The van der Waals surface area contributed by atoms with Crippen molar-refractivity contribution in [2.24, 2.45) is 17.4 Å². The molecule has 0 atom stereocenters. The molecule has 0 saturated heterocycles. The Morgan fingerprint density at radius 3 is 1.83 bits per heavy atom. The maximum Gasteiger partial charge on any atom is 0.416 e. The Hall–Kier alpha value is -2.05. The molecule has 0 aliphatic rings. The number of benzene rings is 1. The molecule has 2 amide bonds. The van der Waals surface area contributed by atoms with E-state index in [-0.39, 0.29) is 6.42 Å². The largest absolute Gasteiger partial charge is 0.416 e. The molecule has 0 fully saturated rings. The van der Waals surface area contributed by atoms with Crippen molar-refractivity contribution < 1.29 is 22.8 Å². The molecule has 98 valence electrons. The van der Waals surface area contributed by atoms with Crippen LogP contribution in [0.15, 0.2) is 24.3 Å². The number of amides is 2. The van der Waals surface area contributed by atoms with Crippen molar-refractivity contribution in [3.63, 3.8) is 0 Å². The van der Waals surface area contributed by atoms with Gasteiger partial charge in [-0.25, -0.2) is 0 Å². The van der Waals surface area contributed by atoms with E-state index in [1.165, 1.54) is 12.1 Å². The van der Waals surface area contributed by atoms with E-state index in [2.05, 4.69) is 0 Å². The summed E-state index contributed by atoms with van der Waals surface area (Å²) in [6.07, 6.45) is -4.53. The summed E-state index contributed by atoms with van der Waals surface area (Å²) in [5.41, 5.74) is 9.51. The molecule has 0 saturated carbocycles. The summed E-state index contributed by atoms with van der Waals surface area (Å²) in [4.78, 5) is 21.8. The highest BCUT2D eigenvalue weighted by atomic mass is 19.4. The van der Waals surface area contributed by atoms with E-state index in [0.29, 0.717) is 5.56 Å². The van der Waals surface area contributed by atoms with E-state index in [1.54, 1.807) is 0 Å². The number of primary amides is 2. The molecule has 0 aliphatic carbocycles. The Morgan fingerprint density at radius 2 is 1.50 bits per heavy atom. The molecule has 7 heteroatoms. The molecule has 4 nitrogen and oxygen atoms in total. The Kier molecular flexibility index (Phi) is 3.95. The maximum atomic E-state index is 12.3. The van der Waals surface area contributed by atoms with Crippen LogP contribution in [-0.2, 0) is 22.2 Å². The zero-order chi connectivity index (χ0) is 13.9. The van der Waals surface area contributed by atoms with Crippen LogP contribution in [0, 0.1) is 5.92 Å². The second-order valence-corrected chi connectivity index (χ2v) is 3.76. The lowest BCUT2D eigenvalue weighted by Gasteiger charge is -2.11. The minimum atomic E-state index is -4.43. The average molecular weight is 260 g/mol. The van der Waals surface area contributed by atoms with Gasteiger partial charge in [-0.3, -0.25) is 9.59 Å². The number of alkyl halides is 3. The highest BCUT2D eigenvalue weighted by molar-refractivity contribution is 5.99. The van der Waals surface area contributed by atoms with Crippen LogP contribution in [0.2, 0.25) is 0 Å². The van der Waals surface area contributed by atoms with Crippen LogP contribution in [0.4, 0.5) is 13.2 Å². The van der Waals surface area contributed by atoms with E-state index < -0.39 is 29.5 Å². The van der Waals surface area contributed by atoms with Crippen molar-refractivity contribution in [1.82, 2.24) is 0 Å². The fourth-order valence-electron chi connectivity index (χ4n) is 1.41. The topological polar surface area (TPSA) is 86.2 Å². The lowest BCUT2D eigenvalue weighted by Crippen LogP contribution is -2.36. The van der Waals surface area contributed by atoms with Crippen LogP contribution in [0.25, 0.3) is 0 Å². The zero-order valence-electron chi connectivity index (χ0n) is 9.20. The molecule has 0 radical (unpaired) electrons. The third kappa shape index (κ3) is 3.47. The standard InChI is InChI=1S/C11H11F3N2O2/c12-11(13,14)7-3-1-6(2-4-7)5-8(9(15)17)10(16)18/h1-4,8H,5H2,(H2,15,17)(H2,16,18). The highest BCUT2D eigenvalue weighted by Crippen LogP contribution is 2.29. The summed E-state index contributed by atoms with van der Waals surface area (Å²) in [5, 5.41) is 0. The number of hydrogen-bond donors (Lipinski definition) is 2. The summed E-state index contributed by atoms with van der Waals surface area (Å²) in [5.74, 6) is -3.02. The summed E-state index contributed by atoms with van der Waals surface area (Å²) >= 11 is 0. The zero-order valence-corrected chi connectivity index (χ0v) is 9.20. The van der Waals surface area contributed by atoms with Gasteiger partial charge < -0.3 is 11.5 Å². The van der Waals surface area contributed by atoms with Crippen LogP contribution >= 0.6 is 0 Å². The molecule has 4 N–H and O–H groups in total. The molecule has 0 heterocycles. The minimum absolute atomic E-state index is 0.108. The number of nitrogens with two attached hydrogens (primary N) is 2. The predicted molar refractivity (Wildman–Crippen MR) is 57.0 cm³/mol. The van der Waals surface area contributed by atoms with Crippen LogP contribution < -0.4 is 11.5 Å². The third-order valence-electron chi connectivity index (χ3n) is 2.41. The maximum absolute atomic E-state index is 12.3. The van der Waals surface area contributed by atoms with Gasteiger partial charge in [0.05, 0.1) is 5.56 Å². The van der Waals surface area contributed by atoms with E-state index in [0.717, 1.165) is 12.1 Å². The normalized spacial score (nSPS) is 11.6. The summed E-state index contributed by atoms with van der Waals surface area (Å²) in [6.45, 7) is 0. The van der Waals surface area contributed by atoms with E-state index in [4.69, 9.17) is 11.5 Å². The van der Waals surface area contributed by atoms with Crippen LogP contribution in [-0.4, -0.2) is 11.8 Å². The van der Waals surface area contributed by atoms with Gasteiger partial charge in [-0.2, -0.15) is 13.2 Å². The van der Waals surface area contributed by atoms with Crippen molar-refractivity contribution in [1.29, 1.82) is 0 Å². The van der Waals surface area contributed by atoms with E-state index in [1.807, 2.05) is 0 Å². The van der Waals surface area contributed by atoms with Gasteiger partial charge >= 0.3 is 6.18 Å². The second-order valence-electron chi connectivity index (χ2n) is 3.76. The van der Waals surface area contributed by atoms with Gasteiger partial charge in [-0.1, -0.05) is 12.1 Å². The first-order valence-electron chi connectivity index (χ1n) is 4.96. The SMILES string of the molecule is NC(=O)C(Cc1ccc(C(F)(F)F)cc1)C(N)=O. The van der Waals surface area contributed by atoms with Crippen molar-refractivity contribution in [3.8, 4) is 0 Å². The Labute approximate surface area is 101 Å². The molecular weight excluding hydrogens is 249 g/mol. The summed E-state index contributed by atoms with van der Waals surface area (Å²) < 4.78 is 36.9. The van der Waals surface area contributed by atoms with E-state index >= 15 is 0 Å². The van der Waals surface area contributed by atoms with Gasteiger partial charge in [0.15, 0.2) is 0 Å². The highest BCUT2D eigenvalue weighted by Gasteiger charge is 2.30. The van der Waals surface area contributed by atoms with Crippen LogP contribution in [0.3, 0.4) is 0 Å². The second kappa shape index (κ2) is 5.07. The Bertz CT molecular complexity index is 440. The Morgan fingerprint density at radius 1 is 1.06 bits per heavy atom. The first-order chi connectivity index (χ1) is 8.21. The van der Waals surface area contributed by atoms with Crippen molar-refractivity contribution in [2.75, 3.05) is 0 Å². The van der Waals surface area contributed by atoms with Crippen molar-refractivity contribution in [2.45, 2.75) is 12.6 Å². The fourth-order valence-corrected chi connectivity index (χ4v) is 1.41.